The first-order chi connectivity index (χ1) is 16.2. The van der Waals surface area contributed by atoms with Gasteiger partial charge in [0.05, 0.1) is 18.2 Å². The number of nitrogens with zero attached hydrogens (tertiary/aromatic N) is 4. The molecule has 2 aliphatic rings. The lowest BCUT2D eigenvalue weighted by molar-refractivity contribution is -0.137. The first-order valence-electron chi connectivity index (χ1n) is 11.4. The molecule has 3 heterocycles. The van der Waals surface area contributed by atoms with E-state index >= 15 is 4.39 Å². The number of amides is 1. The number of primary amides is 1. The second kappa shape index (κ2) is 10.1. The van der Waals surface area contributed by atoms with E-state index < -0.39 is 17.6 Å². The normalized spacial score (nSPS) is 20.0. The van der Waals surface area contributed by atoms with Crippen LogP contribution < -0.4 is 16.0 Å². The molecule has 0 spiro atoms. The largest absolute Gasteiger partial charge is 0.416 e. The summed E-state index contributed by atoms with van der Waals surface area (Å²) in [6.45, 7) is 2.86. The van der Waals surface area contributed by atoms with Crippen LogP contribution in [-0.2, 0) is 11.0 Å². The summed E-state index contributed by atoms with van der Waals surface area (Å²) in [5, 5.41) is 3.09. The number of carbonyl (C=O) groups is 1. The Morgan fingerprint density at radius 3 is 2.44 bits per heavy atom. The highest BCUT2D eigenvalue weighted by molar-refractivity contribution is 5.75. The monoisotopic (exact) mass is 480 g/mol. The zero-order chi connectivity index (χ0) is 24.3. The van der Waals surface area contributed by atoms with Crippen LogP contribution >= 0.6 is 0 Å². The molecule has 7 nitrogen and oxygen atoms in total. The van der Waals surface area contributed by atoms with E-state index in [1.165, 1.54) is 18.5 Å². The molecule has 34 heavy (non-hydrogen) atoms. The fourth-order valence-electron chi connectivity index (χ4n) is 4.76. The summed E-state index contributed by atoms with van der Waals surface area (Å²) >= 11 is 0. The second-order valence-electron chi connectivity index (χ2n) is 8.90. The molecule has 1 atom stereocenters. The van der Waals surface area contributed by atoms with Gasteiger partial charge in [-0.25, -0.2) is 9.97 Å². The molecule has 2 aromatic rings. The number of piperidine rings is 1. The van der Waals surface area contributed by atoms with Gasteiger partial charge in [0, 0.05) is 13.1 Å². The van der Waals surface area contributed by atoms with Gasteiger partial charge in [-0.1, -0.05) is 12.1 Å². The highest BCUT2D eigenvalue weighted by atomic mass is 19.4. The lowest BCUT2D eigenvalue weighted by Crippen LogP contribution is -2.40. The highest BCUT2D eigenvalue weighted by Crippen LogP contribution is 2.38. The van der Waals surface area contributed by atoms with Crippen LogP contribution in [0.5, 0.6) is 0 Å². The Bertz CT molecular complexity index is 992. The number of hydrogen-bond donors (Lipinski definition) is 2. The van der Waals surface area contributed by atoms with Crippen molar-refractivity contribution in [1.29, 1.82) is 0 Å². The Balaban J connectivity index is 1.41. The summed E-state index contributed by atoms with van der Waals surface area (Å²) in [7, 11) is 0. The van der Waals surface area contributed by atoms with Gasteiger partial charge in [-0.2, -0.15) is 17.6 Å². The zero-order valence-corrected chi connectivity index (χ0v) is 18.7. The van der Waals surface area contributed by atoms with Crippen LogP contribution in [0.15, 0.2) is 30.6 Å². The Kier molecular flexibility index (Phi) is 7.20. The minimum absolute atomic E-state index is 0.114. The van der Waals surface area contributed by atoms with E-state index in [1.54, 1.807) is 4.90 Å². The van der Waals surface area contributed by atoms with Crippen molar-refractivity contribution in [2.24, 2.45) is 11.7 Å². The molecule has 1 amide bonds. The van der Waals surface area contributed by atoms with E-state index in [-0.39, 0.29) is 30.1 Å². The smallest absolute Gasteiger partial charge is 0.369 e. The summed E-state index contributed by atoms with van der Waals surface area (Å²) in [6, 6.07) is 4.77. The maximum Gasteiger partial charge on any atom is 0.416 e. The van der Waals surface area contributed by atoms with E-state index in [0.717, 1.165) is 44.5 Å². The molecule has 2 saturated heterocycles. The van der Waals surface area contributed by atoms with Crippen molar-refractivity contribution in [1.82, 2.24) is 14.9 Å². The number of likely N-dealkylation sites (tertiary alicyclic amines) is 1. The second-order valence-corrected chi connectivity index (χ2v) is 8.90. The number of carbonyl (C=O) groups excluding carboxylic acids is 1. The van der Waals surface area contributed by atoms with Gasteiger partial charge in [-0.05, 0) is 62.4 Å². The molecule has 0 radical (unpaired) electrons. The van der Waals surface area contributed by atoms with Gasteiger partial charge in [0.15, 0.2) is 11.6 Å². The van der Waals surface area contributed by atoms with E-state index in [4.69, 9.17) is 5.73 Å². The average Bonchev–Trinajstić information content (AvgIpc) is 3.28. The minimum Gasteiger partial charge on any atom is -0.369 e. The summed E-state index contributed by atoms with van der Waals surface area (Å²) < 4.78 is 54.1. The van der Waals surface area contributed by atoms with Gasteiger partial charge < -0.3 is 16.0 Å². The maximum atomic E-state index is 15.4. The van der Waals surface area contributed by atoms with Crippen LogP contribution in [0.25, 0.3) is 0 Å². The third-order valence-electron chi connectivity index (χ3n) is 6.56. The first kappa shape index (κ1) is 24.2. The quantitative estimate of drug-likeness (QED) is 0.589. The highest BCUT2D eigenvalue weighted by Gasteiger charge is 2.33. The standard InChI is InChI=1S/C23H28F4N6O/c24-20-21(29-12-15-7-10-32(11-8-15)13-19(28)34)30-14-31-22(20)33-9-1-2-18(33)16-3-5-17(6-4-16)23(25,26)27/h3-6,14-15,18H,1-2,7-13H2,(H2,28,34)(H,29,30,31)/t18-/m0/s1. The fourth-order valence-corrected chi connectivity index (χ4v) is 4.76. The van der Waals surface area contributed by atoms with Gasteiger partial charge in [-0.3, -0.25) is 9.69 Å². The molecule has 1 aromatic carbocycles. The number of aromatic nitrogens is 2. The Morgan fingerprint density at radius 1 is 1.09 bits per heavy atom. The minimum atomic E-state index is -4.40. The topological polar surface area (TPSA) is 87.4 Å². The van der Waals surface area contributed by atoms with Crippen molar-refractivity contribution in [3.63, 3.8) is 0 Å². The van der Waals surface area contributed by atoms with Crippen molar-refractivity contribution in [2.75, 3.05) is 42.9 Å². The van der Waals surface area contributed by atoms with Gasteiger partial charge in [0.1, 0.15) is 6.33 Å². The molecule has 1 aromatic heterocycles. The molecular weight excluding hydrogens is 452 g/mol. The van der Waals surface area contributed by atoms with E-state index in [0.29, 0.717) is 31.0 Å². The zero-order valence-electron chi connectivity index (χ0n) is 18.7. The van der Waals surface area contributed by atoms with Crippen LogP contribution in [0.4, 0.5) is 29.2 Å². The lowest BCUT2D eigenvalue weighted by atomic mass is 9.97. The van der Waals surface area contributed by atoms with E-state index in [2.05, 4.69) is 15.3 Å². The summed E-state index contributed by atoms with van der Waals surface area (Å²) in [6.07, 6.45) is 0.108. The number of rotatable bonds is 7. The molecule has 2 aliphatic heterocycles. The predicted molar refractivity (Wildman–Crippen MR) is 120 cm³/mol. The number of nitrogens with one attached hydrogen (secondary N) is 1. The number of hydrogen-bond acceptors (Lipinski definition) is 6. The van der Waals surface area contributed by atoms with Crippen LogP contribution in [0.1, 0.15) is 42.9 Å². The average molecular weight is 481 g/mol. The van der Waals surface area contributed by atoms with Gasteiger partial charge in [0.2, 0.25) is 11.7 Å². The first-order valence-corrected chi connectivity index (χ1v) is 11.4. The van der Waals surface area contributed by atoms with E-state index in [9.17, 15) is 18.0 Å². The van der Waals surface area contributed by atoms with Crippen molar-refractivity contribution in [2.45, 2.75) is 37.9 Å². The number of nitrogens with two attached hydrogens (primary N) is 1. The molecule has 0 aliphatic carbocycles. The number of anilines is 2. The molecule has 4 rings (SSSR count). The van der Waals surface area contributed by atoms with Crippen molar-refractivity contribution >= 4 is 17.5 Å². The summed E-state index contributed by atoms with van der Waals surface area (Å²) in [5.74, 6) is -0.330. The molecular formula is C23H28F4N6O. The Labute approximate surface area is 195 Å². The summed E-state index contributed by atoms with van der Waals surface area (Å²) in [4.78, 5) is 23.1. The van der Waals surface area contributed by atoms with Gasteiger partial charge in [-0.15, -0.1) is 0 Å². The molecule has 2 fully saturated rings. The van der Waals surface area contributed by atoms with E-state index in [1.807, 2.05) is 4.90 Å². The molecule has 0 saturated carbocycles. The molecule has 0 unspecified atom stereocenters. The Morgan fingerprint density at radius 2 is 1.79 bits per heavy atom. The number of halogens is 4. The summed E-state index contributed by atoms with van der Waals surface area (Å²) in [5.41, 5.74) is 5.24. The lowest BCUT2D eigenvalue weighted by Gasteiger charge is -2.31. The van der Waals surface area contributed by atoms with Crippen molar-refractivity contribution in [3.8, 4) is 0 Å². The van der Waals surface area contributed by atoms with Crippen LogP contribution in [0, 0.1) is 11.7 Å². The van der Waals surface area contributed by atoms with Gasteiger partial charge in [0.25, 0.3) is 0 Å². The van der Waals surface area contributed by atoms with Crippen molar-refractivity contribution < 1.29 is 22.4 Å². The Hall–Kier alpha value is -2.95. The van der Waals surface area contributed by atoms with Crippen LogP contribution in [0.3, 0.4) is 0 Å². The predicted octanol–water partition coefficient (Wildman–Crippen LogP) is 3.59. The maximum absolute atomic E-state index is 15.4. The molecule has 11 heteroatoms. The molecule has 184 valence electrons. The fraction of sp³-hybridized carbons (Fsp3) is 0.522. The SMILES string of the molecule is NC(=O)CN1CCC(CNc2ncnc(N3CCC[C@H]3c3ccc(C(F)(F)F)cc3)c2F)CC1. The third kappa shape index (κ3) is 5.57. The third-order valence-corrected chi connectivity index (χ3v) is 6.56. The molecule has 3 N–H and O–H groups in total. The van der Waals surface area contributed by atoms with Crippen molar-refractivity contribution in [3.05, 3.63) is 47.5 Å². The number of benzene rings is 1. The van der Waals surface area contributed by atoms with Crippen LogP contribution in [-0.4, -0.2) is 53.5 Å². The van der Waals surface area contributed by atoms with Gasteiger partial charge >= 0.3 is 6.18 Å². The molecule has 0 bridgehead atoms. The van der Waals surface area contributed by atoms with Crippen LogP contribution in [0.2, 0.25) is 0 Å². The number of alkyl halides is 3.